The first kappa shape index (κ1) is 19.8. The molecule has 1 aromatic carbocycles. The van der Waals surface area contributed by atoms with Crippen molar-refractivity contribution in [1.29, 1.82) is 0 Å². The van der Waals surface area contributed by atoms with Crippen LogP contribution in [-0.2, 0) is 10.8 Å². The SMILES string of the molecule is CC(C)(C)[Si](C)(C)OC(=O)N[C@H](C=CCCl)Cc1ccccc1. The molecule has 0 spiro atoms. The summed E-state index contributed by atoms with van der Waals surface area (Å²) in [6.07, 6.45) is 4.13. The Morgan fingerprint density at radius 3 is 2.43 bits per heavy atom. The van der Waals surface area contributed by atoms with E-state index in [1.165, 1.54) is 0 Å². The molecule has 0 aliphatic carbocycles. The Kier molecular flexibility index (Phi) is 7.35. The van der Waals surface area contributed by atoms with Crippen LogP contribution in [0.5, 0.6) is 0 Å². The number of alkyl halides is 1. The molecule has 1 atom stereocenters. The lowest BCUT2D eigenvalue weighted by Gasteiger charge is -2.35. The Hall–Kier alpha value is -1.26. The summed E-state index contributed by atoms with van der Waals surface area (Å²) < 4.78 is 5.77. The third-order valence-corrected chi connectivity index (χ3v) is 8.70. The van der Waals surface area contributed by atoms with Crippen molar-refractivity contribution in [3.05, 3.63) is 48.0 Å². The molecular formula is C18H28ClNO2Si. The number of halogens is 1. The van der Waals surface area contributed by atoms with Gasteiger partial charge < -0.3 is 9.74 Å². The normalized spacial score (nSPS) is 13.8. The average Bonchev–Trinajstić information content (AvgIpc) is 2.44. The number of carbonyl (C=O) groups is 1. The highest BCUT2D eigenvalue weighted by Gasteiger charge is 2.40. The van der Waals surface area contributed by atoms with E-state index in [-0.39, 0.29) is 17.2 Å². The second-order valence-electron chi connectivity index (χ2n) is 7.17. The van der Waals surface area contributed by atoms with Crippen LogP contribution in [-0.4, -0.2) is 26.3 Å². The summed E-state index contributed by atoms with van der Waals surface area (Å²) >= 11 is 5.73. The maximum Gasteiger partial charge on any atom is 0.394 e. The van der Waals surface area contributed by atoms with Crippen LogP contribution in [0.15, 0.2) is 42.5 Å². The van der Waals surface area contributed by atoms with Gasteiger partial charge in [0.1, 0.15) is 0 Å². The highest BCUT2D eigenvalue weighted by Crippen LogP contribution is 2.36. The average molecular weight is 354 g/mol. The lowest BCUT2D eigenvalue weighted by molar-refractivity contribution is 0.193. The van der Waals surface area contributed by atoms with E-state index in [4.69, 9.17) is 16.0 Å². The summed E-state index contributed by atoms with van der Waals surface area (Å²) in [5.74, 6) is 0.421. The monoisotopic (exact) mass is 353 g/mol. The Balaban J connectivity index is 2.73. The molecule has 0 aliphatic rings. The molecule has 1 N–H and O–H groups in total. The molecule has 1 amide bonds. The van der Waals surface area contributed by atoms with Crippen molar-refractivity contribution < 1.29 is 9.22 Å². The zero-order valence-electron chi connectivity index (χ0n) is 14.7. The second kappa shape index (κ2) is 8.55. The third-order valence-electron chi connectivity index (χ3n) is 4.21. The predicted molar refractivity (Wildman–Crippen MR) is 101 cm³/mol. The van der Waals surface area contributed by atoms with Gasteiger partial charge in [0, 0.05) is 5.88 Å². The van der Waals surface area contributed by atoms with Crippen LogP contribution in [0.3, 0.4) is 0 Å². The fourth-order valence-electron chi connectivity index (χ4n) is 1.82. The molecule has 1 rings (SSSR count). The van der Waals surface area contributed by atoms with Gasteiger partial charge in [-0.05, 0) is 30.1 Å². The molecule has 0 aromatic heterocycles. The number of nitrogens with one attached hydrogen (secondary N) is 1. The first-order chi connectivity index (χ1) is 10.7. The molecule has 0 saturated heterocycles. The smallest absolute Gasteiger partial charge is 0.394 e. The van der Waals surface area contributed by atoms with Crippen molar-refractivity contribution in [2.24, 2.45) is 0 Å². The van der Waals surface area contributed by atoms with Gasteiger partial charge in [0.25, 0.3) is 8.32 Å². The van der Waals surface area contributed by atoms with Gasteiger partial charge in [-0.25, -0.2) is 4.79 Å². The fourth-order valence-corrected chi connectivity index (χ4v) is 2.75. The molecule has 23 heavy (non-hydrogen) atoms. The maximum absolute atomic E-state index is 12.3. The zero-order valence-corrected chi connectivity index (χ0v) is 16.5. The largest absolute Gasteiger partial charge is 0.504 e. The maximum atomic E-state index is 12.3. The van der Waals surface area contributed by atoms with E-state index in [0.717, 1.165) is 5.56 Å². The minimum atomic E-state index is -2.12. The van der Waals surface area contributed by atoms with Gasteiger partial charge in [-0.2, -0.15) is 0 Å². The quantitative estimate of drug-likeness (QED) is 0.437. The van der Waals surface area contributed by atoms with Gasteiger partial charge in [0.15, 0.2) is 0 Å². The van der Waals surface area contributed by atoms with E-state index in [1.54, 1.807) is 0 Å². The van der Waals surface area contributed by atoms with Crippen molar-refractivity contribution in [2.45, 2.75) is 51.4 Å². The number of amides is 1. The lowest BCUT2D eigenvalue weighted by Crippen LogP contribution is -2.47. The van der Waals surface area contributed by atoms with Crippen molar-refractivity contribution in [3.63, 3.8) is 0 Å². The topological polar surface area (TPSA) is 38.3 Å². The number of hydrogen-bond donors (Lipinski definition) is 1. The minimum Gasteiger partial charge on any atom is -0.504 e. The molecule has 0 bridgehead atoms. The molecule has 3 nitrogen and oxygen atoms in total. The Morgan fingerprint density at radius 1 is 1.30 bits per heavy atom. The summed E-state index contributed by atoms with van der Waals surface area (Å²) in [5, 5.41) is 2.95. The van der Waals surface area contributed by atoms with E-state index in [1.807, 2.05) is 42.5 Å². The van der Waals surface area contributed by atoms with E-state index in [0.29, 0.717) is 12.3 Å². The molecular weight excluding hydrogens is 326 g/mol. The molecule has 0 aliphatic heterocycles. The third kappa shape index (κ3) is 6.79. The summed E-state index contributed by atoms with van der Waals surface area (Å²) in [6.45, 7) is 10.5. The Bertz CT molecular complexity index is 524. The van der Waals surface area contributed by atoms with Crippen molar-refractivity contribution in [3.8, 4) is 0 Å². The molecule has 0 unspecified atom stereocenters. The summed E-state index contributed by atoms with van der Waals surface area (Å²) in [4.78, 5) is 12.3. The van der Waals surface area contributed by atoms with E-state index in [9.17, 15) is 4.79 Å². The van der Waals surface area contributed by atoms with Gasteiger partial charge in [0.2, 0.25) is 0 Å². The summed E-state index contributed by atoms with van der Waals surface area (Å²) in [6, 6.07) is 9.92. The second-order valence-corrected chi connectivity index (χ2v) is 12.2. The fraction of sp³-hybridized carbons (Fsp3) is 0.500. The van der Waals surface area contributed by atoms with Gasteiger partial charge in [0.05, 0.1) is 6.04 Å². The Labute approximate surface area is 146 Å². The van der Waals surface area contributed by atoms with Crippen LogP contribution in [0, 0.1) is 0 Å². The van der Waals surface area contributed by atoms with E-state index in [2.05, 4.69) is 39.2 Å². The van der Waals surface area contributed by atoms with Crippen LogP contribution in [0.1, 0.15) is 26.3 Å². The number of allylic oxidation sites excluding steroid dienone is 1. The molecule has 1 aromatic rings. The zero-order chi connectivity index (χ0) is 17.5. The first-order valence-corrected chi connectivity index (χ1v) is 11.4. The summed E-state index contributed by atoms with van der Waals surface area (Å²) in [7, 11) is -2.12. The predicted octanol–water partition coefficient (Wildman–Crippen LogP) is 5.12. The lowest BCUT2D eigenvalue weighted by atomic mass is 10.1. The van der Waals surface area contributed by atoms with E-state index < -0.39 is 8.32 Å². The standard InChI is InChI=1S/C18H28ClNO2Si/c1-18(2,3)23(4,5)22-17(21)20-16(12-9-13-19)14-15-10-7-6-8-11-15/h6-12,16H,13-14H2,1-5H3,(H,20,21)/t16-/m1/s1. The molecule has 0 saturated carbocycles. The number of carbonyl (C=O) groups excluding carboxylic acids is 1. The van der Waals surface area contributed by atoms with Crippen LogP contribution < -0.4 is 5.32 Å². The molecule has 0 fully saturated rings. The van der Waals surface area contributed by atoms with Crippen LogP contribution in [0.2, 0.25) is 18.1 Å². The van der Waals surface area contributed by atoms with Crippen molar-refractivity contribution >= 4 is 26.0 Å². The van der Waals surface area contributed by atoms with Crippen LogP contribution in [0.25, 0.3) is 0 Å². The molecule has 0 radical (unpaired) electrons. The molecule has 0 heterocycles. The first-order valence-electron chi connectivity index (χ1n) is 7.92. The van der Waals surface area contributed by atoms with Crippen molar-refractivity contribution in [1.82, 2.24) is 5.32 Å². The molecule has 128 valence electrons. The molecule has 5 heteroatoms. The number of hydrogen-bond acceptors (Lipinski definition) is 2. The Morgan fingerprint density at radius 2 is 1.91 bits per heavy atom. The van der Waals surface area contributed by atoms with Gasteiger partial charge >= 0.3 is 6.09 Å². The van der Waals surface area contributed by atoms with Gasteiger partial charge in [-0.15, -0.1) is 11.6 Å². The van der Waals surface area contributed by atoms with Crippen molar-refractivity contribution in [2.75, 3.05) is 5.88 Å². The number of benzene rings is 1. The van der Waals surface area contributed by atoms with Crippen LogP contribution in [0.4, 0.5) is 4.79 Å². The highest BCUT2D eigenvalue weighted by atomic mass is 35.5. The number of rotatable bonds is 6. The summed E-state index contributed by atoms with van der Waals surface area (Å²) in [5.41, 5.74) is 1.16. The van der Waals surface area contributed by atoms with Gasteiger partial charge in [-0.1, -0.05) is 63.3 Å². The minimum absolute atomic E-state index is 0.00869. The van der Waals surface area contributed by atoms with E-state index >= 15 is 0 Å². The van der Waals surface area contributed by atoms with Gasteiger partial charge in [-0.3, -0.25) is 0 Å². The highest BCUT2D eigenvalue weighted by molar-refractivity contribution is 6.75. The van der Waals surface area contributed by atoms with Crippen LogP contribution >= 0.6 is 11.6 Å².